The molecule has 3 heterocycles. The second kappa shape index (κ2) is 4.09. The van der Waals surface area contributed by atoms with Crippen molar-refractivity contribution in [1.29, 1.82) is 0 Å². The largest absolute Gasteiger partial charge is 0.375 e. The predicted octanol–water partition coefficient (Wildman–Crippen LogP) is 0.549. The van der Waals surface area contributed by atoms with Gasteiger partial charge in [0.25, 0.3) is 0 Å². The van der Waals surface area contributed by atoms with Gasteiger partial charge in [-0.15, -0.1) is 0 Å². The van der Waals surface area contributed by atoms with E-state index >= 15 is 0 Å². The minimum absolute atomic E-state index is 0.180. The van der Waals surface area contributed by atoms with Crippen molar-refractivity contribution in [3.8, 4) is 0 Å². The maximum atomic E-state index is 5.74. The summed E-state index contributed by atoms with van der Waals surface area (Å²) in [6.45, 7) is 5.63. The summed E-state index contributed by atoms with van der Waals surface area (Å²) < 4.78 is 5.63. The third-order valence-corrected chi connectivity index (χ3v) is 3.19. The zero-order valence-electron chi connectivity index (χ0n) is 10.4. The van der Waals surface area contributed by atoms with E-state index in [0.717, 1.165) is 17.7 Å². The van der Waals surface area contributed by atoms with Gasteiger partial charge in [0.1, 0.15) is 5.82 Å². The van der Waals surface area contributed by atoms with Crippen LogP contribution in [0, 0.1) is 0 Å². The number of aromatic nitrogens is 4. The van der Waals surface area contributed by atoms with Crippen molar-refractivity contribution >= 4 is 22.8 Å². The summed E-state index contributed by atoms with van der Waals surface area (Å²) in [5.74, 6) is 1.09. The zero-order valence-corrected chi connectivity index (χ0v) is 10.4. The molecule has 2 unspecified atom stereocenters. The Kier molecular flexibility index (Phi) is 2.55. The molecule has 0 saturated carbocycles. The number of aromatic amines is 1. The Bertz CT molecular complexity index is 568. The topological polar surface area (TPSA) is 93.0 Å². The third kappa shape index (κ3) is 1.76. The van der Waals surface area contributed by atoms with Gasteiger partial charge in [0.15, 0.2) is 5.65 Å². The Morgan fingerprint density at radius 1 is 1.44 bits per heavy atom. The van der Waals surface area contributed by atoms with Gasteiger partial charge in [-0.1, -0.05) is 0 Å². The molecule has 0 spiro atoms. The van der Waals surface area contributed by atoms with Gasteiger partial charge in [-0.05, 0) is 13.8 Å². The molecule has 0 aliphatic carbocycles. The molecule has 3 N–H and O–H groups in total. The van der Waals surface area contributed by atoms with Crippen LogP contribution < -0.4 is 10.6 Å². The van der Waals surface area contributed by atoms with Crippen molar-refractivity contribution in [1.82, 2.24) is 20.2 Å². The molecule has 3 rings (SSSR count). The van der Waals surface area contributed by atoms with Crippen LogP contribution in [0.5, 0.6) is 0 Å². The number of anilines is 2. The summed E-state index contributed by atoms with van der Waals surface area (Å²) in [6.07, 6.45) is 1.91. The minimum Gasteiger partial charge on any atom is -0.375 e. The van der Waals surface area contributed by atoms with Crippen LogP contribution in [0.3, 0.4) is 0 Å². The normalized spacial score (nSPS) is 24.7. The van der Waals surface area contributed by atoms with E-state index in [2.05, 4.69) is 38.9 Å². The van der Waals surface area contributed by atoms with Crippen molar-refractivity contribution in [2.24, 2.45) is 0 Å². The summed E-state index contributed by atoms with van der Waals surface area (Å²) in [5.41, 5.74) is 6.41. The molecule has 2 aromatic heterocycles. The van der Waals surface area contributed by atoms with Gasteiger partial charge in [-0.2, -0.15) is 15.1 Å². The number of hydrogen-bond acceptors (Lipinski definition) is 6. The SMILES string of the molecule is CC1CN(c2nc(N)nc3[nH]ncc23)C(C)CO1. The van der Waals surface area contributed by atoms with Crippen molar-refractivity contribution < 1.29 is 4.74 Å². The first-order chi connectivity index (χ1) is 8.65. The summed E-state index contributed by atoms with van der Waals surface area (Å²) in [5, 5.41) is 7.72. The number of morpholine rings is 1. The smallest absolute Gasteiger partial charge is 0.224 e. The summed E-state index contributed by atoms with van der Waals surface area (Å²) in [7, 11) is 0. The van der Waals surface area contributed by atoms with Crippen molar-refractivity contribution in [3.05, 3.63) is 6.20 Å². The van der Waals surface area contributed by atoms with Crippen LogP contribution in [0.15, 0.2) is 6.20 Å². The highest BCUT2D eigenvalue weighted by Crippen LogP contribution is 2.27. The van der Waals surface area contributed by atoms with Gasteiger partial charge in [0.2, 0.25) is 5.95 Å². The van der Waals surface area contributed by atoms with Gasteiger partial charge in [0.05, 0.1) is 30.3 Å². The van der Waals surface area contributed by atoms with E-state index in [-0.39, 0.29) is 18.1 Å². The highest BCUT2D eigenvalue weighted by molar-refractivity contribution is 5.87. The fourth-order valence-corrected chi connectivity index (χ4v) is 2.25. The predicted molar refractivity (Wildman–Crippen MR) is 68.3 cm³/mol. The van der Waals surface area contributed by atoms with Crippen molar-refractivity contribution in [3.63, 3.8) is 0 Å². The van der Waals surface area contributed by atoms with Crippen molar-refractivity contribution in [2.75, 3.05) is 23.8 Å². The van der Waals surface area contributed by atoms with Crippen LogP contribution >= 0.6 is 0 Å². The van der Waals surface area contributed by atoms with Crippen molar-refractivity contribution in [2.45, 2.75) is 26.0 Å². The lowest BCUT2D eigenvalue weighted by atomic mass is 10.2. The zero-order chi connectivity index (χ0) is 12.7. The molecule has 1 saturated heterocycles. The number of nitrogen functional groups attached to an aromatic ring is 1. The van der Waals surface area contributed by atoms with E-state index in [4.69, 9.17) is 10.5 Å². The summed E-state index contributed by atoms with van der Waals surface area (Å²) in [4.78, 5) is 10.7. The first-order valence-electron chi connectivity index (χ1n) is 6.00. The van der Waals surface area contributed by atoms with Crippen LogP contribution in [0.4, 0.5) is 11.8 Å². The van der Waals surface area contributed by atoms with E-state index in [1.54, 1.807) is 6.20 Å². The Labute approximate surface area is 104 Å². The molecule has 1 aliphatic heterocycles. The molecular formula is C11H16N6O. The van der Waals surface area contributed by atoms with E-state index in [9.17, 15) is 0 Å². The fraction of sp³-hybridized carbons (Fsp3) is 0.545. The molecule has 1 aliphatic rings. The number of hydrogen-bond donors (Lipinski definition) is 2. The number of ether oxygens (including phenoxy) is 1. The van der Waals surface area contributed by atoms with E-state index in [1.165, 1.54) is 0 Å². The second-order valence-electron chi connectivity index (χ2n) is 4.68. The Hall–Kier alpha value is -1.89. The van der Waals surface area contributed by atoms with Crippen LogP contribution in [0.2, 0.25) is 0 Å². The number of H-pyrrole nitrogens is 1. The van der Waals surface area contributed by atoms with Gasteiger partial charge >= 0.3 is 0 Å². The lowest BCUT2D eigenvalue weighted by Gasteiger charge is -2.37. The lowest BCUT2D eigenvalue weighted by molar-refractivity contribution is 0.0342. The first-order valence-corrected chi connectivity index (χ1v) is 6.00. The molecule has 2 atom stereocenters. The van der Waals surface area contributed by atoms with Gasteiger partial charge < -0.3 is 15.4 Å². The number of nitrogens with one attached hydrogen (secondary N) is 1. The second-order valence-corrected chi connectivity index (χ2v) is 4.68. The quantitative estimate of drug-likeness (QED) is 0.765. The molecule has 1 fully saturated rings. The molecule has 0 amide bonds. The molecule has 0 bridgehead atoms. The van der Waals surface area contributed by atoms with E-state index < -0.39 is 0 Å². The average Bonchev–Trinajstić information content (AvgIpc) is 2.79. The number of rotatable bonds is 1. The molecule has 18 heavy (non-hydrogen) atoms. The van der Waals surface area contributed by atoms with Crippen LogP contribution in [-0.4, -0.2) is 45.5 Å². The molecule has 0 radical (unpaired) electrons. The third-order valence-electron chi connectivity index (χ3n) is 3.19. The van der Waals surface area contributed by atoms with E-state index in [1.807, 2.05) is 0 Å². The highest BCUT2D eigenvalue weighted by Gasteiger charge is 2.26. The molecule has 2 aromatic rings. The Balaban J connectivity index is 2.09. The maximum absolute atomic E-state index is 5.74. The molecule has 0 aromatic carbocycles. The highest BCUT2D eigenvalue weighted by atomic mass is 16.5. The molecular weight excluding hydrogens is 232 g/mol. The van der Waals surface area contributed by atoms with Gasteiger partial charge in [-0.25, -0.2) is 0 Å². The summed E-state index contributed by atoms with van der Waals surface area (Å²) in [6, 6.07) is 0.258. The number of nitrogens with zero attached hydrogens (tertiary/aromatic N) is 4. The standard InChI is InChI=1S/C11H16N6O/c1-6-5-18-7(2)4-17(6)10-8-3-13-16-9(8)14-11(12)15-10/h3,6-7H,4-5H2,1-2H3,(H3,12,13,14,15,16). The van der Waals surface area contributed by atoms with Gasteiger partial charge in [0, 0.05) is 6.54 Å². The lowest BCUT2D eigenvalue weighted by Crippen LogP contribution is -2.48. The first kappa shape index (κ1) is 11.2. The molecule has 7 heteroatoms. The van der Waals surface area contributed by atoms with Crippen LogP contribution in [-0.2, 0) is 4.74 Å². The number of nitrogens with two attached hydrogens (primary N) is 1. The Morgan fingerprint density at radius 2 is 2.28 bits per heavy atom. The average molecular weight is 248 g/mol. The van der Waals surface area contributed by atoms with Gasteiger partial charge in [-0.3, -0.25) is 5.10 Å². The minimum atomic E-state index is 0.180. The Morgan fingerprint density at radius 3 is 3.11 bits per heavy atom. The fourth-order valence-electron chi connectivity index (χ4n) is 2.25. The summed E-state index contributed by atoms with van der Waals surface area (Å²) >= 11 is 0. The van der Waals surface area contributed by atoms with E-state index in [0.29, 0.717) is 12.3 Å². The monoisotopic (exact) mass is 248 g/mol. The van der Waals surface area contributed by atoms with Crippen LogP contribution in [0.1, 0.15) is 13.8 Å². The molecule has 7 nitrogen and oxygen atoms in total. The molecule has 96 valence electrons. The van der Waals surface area contributed by atoms with Crippen LogP contribution in [0.25, 0.3) is 11.0 Å². The maximum Gasteiger partial charge on any atom is 0.224 e. The number of fused-ring (bicyclic) bond motifs is 1.